The van der Waals surface area contributed by atoms with E-state index in [0.29, 0.717) is 19.5 Å². The Bertz CT molecular complexity index is 401. The van der Waals surface area contributed by atoms with Crippen molar-refractivity contribution in [3.05, 3.63) is 0 Å². The van der Waals surface area contributed by atoms with E-state index in [9.17, 15) is 25.5 Å². The molecule has 10 nitrogen and oxygen atoms in total. The fourth-order valence-electron chi connectivity index (χ4n) is 3.45. The Hall–Kier alpha value is -0.400. The largest absolute Gasteiger partial charge is 0.395 e. The summed E-state index contributed by atoms with van der Waals surface area (Å²) in [6, 6.07) is -0.938. The molecule has 24 heavy (non-hydrogen) atoms. The zero-order valence-electron chi connectivity index (χ0n) is 13.3. The Morgan fingerprint density at radius 3 is 2.04 bits per heavy atom. The Morgan fingerprint density at radius 1 is 0.792 bits per heavy atom. The minimum Gasteiger partial charge on any atom is -0.395 e. The molecular formula is C14H28N2O8. The normalized spacial score (nSPS) is 49.2. The monoisotopic (exact) mass is 352 g/mol. The number of hydrogen-bond acceptors (Lipinski definition) is 10. The predicted octanol–water partition coefficient (Wildman–Crippen LogP) is -5.45. The van der Waals surface area contributed by atoms with Crippen LogP contribution in [-0.2, 0) is 0 Å². The number of nitrogens with zero attached hydrogens (tertiary/aromatic N) is 1. The fourth-order valence-corrected chi connectivity index (χ4v) is 3.45. The third kappa shape index (κ3) is 4.05. The number of rotatable bonds is 1. The van der Waals surface area contributed by atoms with Crippen LogP contribution >= 0.6 is 0 Å². The molecule has 10 heteroatoms. The number of aliphatic hydroxyl groups excluding tert-OH is 8. The van der Waals surface area contributed by atoms with Gasteiger partial charge in [-0.2, -0.15) is 0 Å². The first kappa shape index (κ1) is 19.9. The van der Waals surface area contributed by atoms with E-state index in [1.54, 1.807) is 0 Å². The van der Waals surface area contributed by atoms with Crippen molar-refractivity contribution in [2.75, 3.05) is 26.2 Å². The highest BCUT2D eigenvalue weighted by molar-refractivity contribution is 5.01. The molecule has 142 valence electrons. The molecule has 3 aliphatic heterocycles. The van der Waals surface area contributed by atoms with Gasteiger partial charge in [0.15, 0.2) is 0 Å². The molecule has 0 radical (unpaired) electrons. The number of piperidine rings is 2. The van der Waals surface area contributed by atoms with E-state index in [1.807, 2.05) is 4.90 Å². The zero-order chi connectivity index (χ0) is 18.0. The van der Waals surface area contributed by atoms with Gasteiger partial charge >= 0.3 is 0 Å². The molecule has 3 aliphatic rings. The lowest BCUT2D eigenvalue weighted by Crippen LogP contribution is -2.61. The van der Waals surface area contributed by atoms with Crippen molar-refractivity contribution in [1.29, 1.82) is 0 Å². The number of aliphatic hydroxyl groups is 8. The molecular weight excluding hydrogens is 324 g/mol. The summed E-state index contributed by atoms with van der Waals surface area (Å²) >= 11 is 0. The summed E-state index contributed by atoms with van der Waals surface area (Å²) < 4.78 is 0. The first-order chi connectivity index (χ1) is 11.3. The second-order valence-corrected chi connectivity index (χ2v) is 6.64. The summed E-state index contributed by atoms with van der Waals surface area (Å²) in [5.74, 6) is 0. The van der Waals surface area contributed by atoms with Gasteiger partial charge in [-0.25, -0.2) is 0 Å². The summed E-state index contributed by atoms with van der Waals surface area (Å²) in [5, 5.41) is 76.4. The second-order valence-electron chi connectivity index (χ2n) is 6.64. The van der Waals surface area contributed by atoms with E-state index >= 15 is 0 Å². The summed E-state index contributed by atoms with van der Waals surface area (Å²) in [6.45, 7) is 0.959. The van der Waals surface area contributed by atoms with Crippen molar-refractivity contribution >= 4 is 0 Å². The molecule has 3 rings (SSSR count). The van der Waals surface area contributed by atoms with Gasteiger partial charge in [-0.05, 0) is 6.42 Å². The molecule has 0 aromatic carbocycles. The molecule has 0 spiro atoms. The molecule has 0 aromatic heterocycles. The van der Waals surface area contributed by atoms with Gasteiger partial charge in [-0.3, -0.25) is 4.90 Å². The third-order valence-electron chi connectivity index (χ3n) is 4.99. The van der Waals surface area contributed by atoms with Crippen LogP contribution in [0.3, 0.4) is 0 Å². The topological polar surface area (TPSA) is 177 Å². The molecule has 0 saturated carbocycles. The first-order valence-electron chi connectivity index (χ1n) is 8.12. The van der Waals surface area contributed by atoms with E-state index in [0.717, 1.165) is 0 Å². The quantitative estimate of drug-likeness (QED) is 0.221. The number of fused-ring (bicyclic) bond motifs is 1. The van der Waals surface area contributed by atoms with Crippen molar-refractivity contribution in [2.24, 2.45) is 0 Å². The van der Waals surface area contributed by atoms with Crippen LogP contribution in [0.2, 0.25) is 0 Å². The Morgan fingerprint density at radius 2 is 1.42 bits per heavy atom. The summed E-state index contributed by atoms with van der Waals surface area (Å²) in [4.78, 5) is 1.83. The lowest BCUT2D eigenvalue weighted by molar-refractivity contribution is -0.140. The average molecular weight is 352 g/mol. The molecule has 3 heterocycles. The van der Waals surface area contributed by atoms with E-state index < -0.39 is 54.8 Å². The van der Waals surface area contributed by atoms with Gasteiger partial charge in [-0.15, -0.1) is 0 Å². The molecule has 8 unspecified atom stereocenters. The van der Waals surface area contributed by atoms with Crippen molar-refractivity contribution in [2.45, 2.75) is 61.2 Å². The van der Waals surface area contributed by atoms with E-state index in [-0.39, 0.29) is 13.2 Å². The highest BCUT2D eigenvalue weighted by Crippen LogP contribution is 2.27. The molecule has 0 bridgehead atoms. The lowest BCUT2D eigenvalue weighted by atomic mass is 9.93. The van der Waals surface area contributed by atoms with Crippen LogP contribution in [0.25, 0.3) is 0 Å². The predicted molar refractivity (Wildman–Crippen MR) is 80.9 cm³/mol. The van der Waals surface area contributed by atoms with Crippen LogP contribution in [0.15, 0.2) is 0 Å². The Balaban J connectivity index is 0.000000177. The maximum Gasteiger partial charge on any atom is 0.109 e. The summed E-state index contributed by atoms with van der Waals surface area (Å²) in [7, 11) is 0. The van der Waals surface area contributed by atoms with Crippen molar-refractivity contribution in [3.63, 3.8) is 0 Å². The molecule has 9 N–H and O–H groups in total. The summed E-state index contributed by atoms with van der Waals surface area (Å²) in [5.41, 5.74) is 0. The number of β-amino-alcohol motifs (C(OH)–C–C–N with tert-alkyl or cyclic N) is 1. The van der Waals surface area contributed by atoms with Gasteiger partial charge in [0.25, 0.3) is 0 Å². The van der Waals surface area contributed by atoms with Gasteiger partial charge < -0.3 is 46.2 Å². The van der Waals surface area contributed by atoms with Crippen LogP contribution in [-0.4, -0.2) is 127 Å². The van der Waals surface area contributed by atoms with Gasteiger partial charge in [0.2, 0.25) is 0 Å². The second kappa shape index (κ2) is 8.32. The van der Waals surface area contributed by atoms with Gasteiger partial charge in [0.1, 0.15) is 18.3 Å². The highest BCUT2D eigenvalue weighted by Gasteiger charge is 2.47. The standard InChI is InChI=1S/C8H15NO4.C6H13NO4/c10-4-1-2-9-3-5(11)7(12)8(13)6(4)9;8-2-3-5(10)6(11)4(9)1-7-3/h4-8,10-13H,1-3H2;3-11H,1-2H2/t4-,5?,6?,7?,8?;/m0./s1. The Kier molecular flexibility index (Phi) is 6.90. The minimum atomic E-state index is -1.16. The highest BCUT2D eigenvalue weighted by atomic mass is 16.4. The van der Waals surface area contributed by atoms with Crippen LogP contribution < -0.4 is 5.32 Å². The van der Waals surface area contributed by atoms with E-state index in [2.05, 4.69) is 5.32 Å². The third-order valence-corrected chi connectivity index (χ3v) is 4.99. The average Bonchev–Trinajstić information content (AvgIpc) is 2.92. The van der Waals surface area contributed by atoms with Crippen LogP contribution in [0.1, 0.15) is 6.42 Å². The van der Waals surface area contributed by atoms with Crippen LogP contribution in [0.4, 0.5) is 0 Å². The van der Waals surface area contributed by atoms with Gasteiger partial charge in [0, 0.05) is 19.6 Å². The van der Waals surface area contributed by atoms with Crippen LogP contribution in [0.5, 0.6) is 0 Å². The van der Waals surface area contributed by atoms with Crippen LogP contribution in [0, 0.1) is 0 Å². The molecule has 0 aliphatic carbocycles. The SMILES string of the molecule is OC1CN2CC[C@H](O)C2C(O)C1O.OCC1NCC(O)C(O)C1O. The molecule has 0 aromatic rings. The number of nitrogens with one attached hydrogen (secondary N) is 1. The Labute approximate surface area is 139 Å². The first-order valence-corrected chi connectivity index (χ1v) is 8.12. The minimum absolute atomic E-state index is 0.198. The summed E-state index contributed by atoms with van der Waals surface area (Å²) in [6.07, 6.45) is -6.27. The molecule has 9 atom stereocenters. The zero-order valence-corrected chi connectivity index (χ0v) is 13.3. The maximum atomic E-state index is 9.58. The van der Waals surface area contributed by atoms with Gasteiger partial charge in [-0.1, -0.05) is 0 Å². The molecule has 0 amide bonds. The molecule has 3 saturated heterocycles. The number of hydrogen-bond donors (Lipinski definition) is 9. The van der Waals surface area contributed by atoms with Gasteiger partial charge in [0.05, 0.1) is 43.1 Å². The van der Waals surface area contributed by atoms with E-state index in [1.165, 1.54) is 0 Å². The van der Waals surface area contributed by atoms with Crippen molar-refractivity contribution in [1.82, 2.24) is 10.2 Å². The molecule has 3 fully saturated rings. The smallest absolute Gasteiger partial charge is 0.109 e. The van der Waals surface area contributed by atoms with Crippen molar-refractivity contribution in [3.8, 4) is 0 Å². The fraction of sp³-hybridized carbons (Fsp3) is 1.00. The van der Waals surface area contributed by atoms with E-state index in [4.69, 9.17) is 15.3 Å². The van der Waals surface area contributed by atoms with Crippen molar-refractivity contribution < 1.29 is 40.9 Å². The maximum absolute atomic E-state index is 9.58. The lowest BCUT2D eigenvalue weighted by Gasteiger charge is -2.40.